The van der Waals surface area contributed by atoms with E-state index in [0.29, 0.717) is 22.5 Å². The Balaban J connectivity index is 1.56. The lowest BCUT2D eigenvalue weighted by atomic mass is 10.1. The predicted molar refractivity (Wildman–Crippen MR) is 103 cm³/mol. The molecule has 0 N–H and O–H groups in total. The van der Waals surface area contributed by atoms with Gasteiger partial charge in [-0.1, -0.05) is 48.5 Å². The van der Waals surface area contributed by atoms with Gasteiger partial charge in [0.15, 0.2) is 0 Å². The second-order valence-electron chi connectivity index (χ2n) is 6.21. The van der Waals surface area contributed by atoms with Crippen molar-refractivity contribution in [2.75, 3.05) is 0 Å². The lowest BCUT2D eigenvalue weighted by Gasteiger charge is -2.07. The van der Waals surface area contributed by atoms with E-state index < -0.39 is 5.97 Å². The molecule has 0 saturated heterocycles. The fourth-order valence-electron chi connectivity index (χ4n) is 2.87. The molecule has 1 heterocycles. The first-order valence-electron chi connectivity index (χ1n) is 8.80. The van der Waals surface area contributed by atoms with Gasteiger partial charge in [-0.15, -0.1) is 0 Å². The Labute approximate surface area is 161 Å². The minimum Gasteiger partial charge on any atom is -0.489 e. The molecule has 0 aliphatic rings. The number of para-hydroxylation sites is 2. The van der Waals surface area contributed by atoms with Crippen molar-refractivity contribution in [3.63, 3.8) is 0 Å². The van der Waals surface area contributed by atoms with Crippen LogP contribution in [0.5, 0.6) is 5.75 Å². The molecular formula is C23H17FO4. The van der Waals surface area contributed by atoms with E-state index >= 15 is 0 Å². The van der Waals surface area contributed by atoms with Crippen LogP contribution in [0.1, 0.15) is 21.7 Å². The average molecular weight is 376 g/mol. The third kappa shape index (κ3) is 3.88. The first kappa shape index (κ1) is 17.8. The molecule has 140 valence electrons. The number of ether oxygens (including phenoxy) is 2. The summed E-state index contributed by atoms with van der Waals surface area (Å²) in [6.45, 7) is 0.192. The zero-order valence-electron chi connectivity index (χ0n) is 14.9. The van der Waals surface area contributed by atoms with Crippen molar-refractivity contribution >= 4 is 16.9 Å². The van der Waals surface area contributed by atoms with E-state index in [1.54, 1.807) is 18.2 Å². The number of halogens is 1. The quantitative estimate of drug-likeness (QED) is 0.417. The fourth-order valence-corrected chi connectivity index (χ4v) is 2.87. The third-order valence-corrected chi connectivity index (χ3v) is 4.29. The number of carbonyl (C=O) groups is 1. The largest absolute Gasteiger partial charge is 0.489 e. The topological polar surface area (TPSA) is 48.7 Å². The van der Waals surface area contributed by atoms with Gasteiger partial charge >= 0.3 is 5.97 Å². The van der Waals surface area contributed by atoms with Crippen molar-refractivity contribution in [1.29, 1.82) is 0 Å². The molecule has 1 aromatic heterocycles. The first-order valence-corrected chi connectivity index (χ1v) is 8.80. The van der Waals surface area contributed by atoms with E-state index in [1.807, 2.05) is 48.5 Å². The van der Waals surface area contributed by atoms with Crippen LogP contribution < -0.4 is 4.74 Å². The molecule has 0 saturated carbocycles. The summed E-state index contributed by atoms with van der Waals surface area (Å²) < 4.78 is 29.9. The summed E-state index contributed by atoms with van der Waals surface area (Å²) in [5, 5.41) is 0.798. The number of esters is 1. The van der Waals surface area contributed by atoms with Crippen LogP contribution in [0, 0.1) is 5.82 Å². The van der Waals surface area contributed by atoms with Crippen LogP contribution in [-0.4, -0.2) is 5.97 Å². The average Bonchev–Trinajstić information content (AvgIpc) is 3.11. The van der Waals surface area contributed by atoms with Crippen LogP contribution in [0.2, 0.25) is 0 Å². The summed E-state index contributed by atoms with van der Waals surface area (Å²) in [7, 11) is 0. The maximum Gasteiger partial charge on any atom is 0.375 e. The fraction of sp³-hybridized carbons (Fsp3) is 0.0870. The Morgan fingerprint density at radius 1 is 0.857 bits per heavy atom. The minimum absolute atomic E-state index is 0.0230. The Bertz CT molecular complexity index is 1080. The molecule has 0 aliphatic heterocycles. The SMILES string of the molecule is O=C(OCc1ccc(F)cc1)c1oc2ccccc2c1COc1ccccc1. The molecule has 0 bridgehead atoms. The van der Waals surface area contributed by atoms with Crippen LogP contribution in [0.3, 0.4) is 0 Å². The van der Waals surface area contributed by atoms with Crippen molar-refractivity contribution in [3.05, 3.63) is 102 Å². The molecule has 4 aromatic rings. The molecule has 4 nitrogen and oxygen atoms in total. The lowest BCUT2D eigenvalue weighted by Crippen LogP contribution is -2.08. The number of hydrogen-bond donors (Lipinski definition) is 0. The van der Waals surface area contributed by atoms with Crippen molar-refractivity contribution in [1.82, 2.24) is 0 Å². The third-order valence-electron chi connectivity index (χ3n) is 4.29. The van der Waals surface area contributed by atoms with Crippen LogP contribution in [0.15, 0.2) is 83.3 Å². The molecule has 0 atom stereocenters. The molecule has 0 spiro atoms. The number of fused-ring (bicyclic) bond motifs is 1. The van der Waals surface area contributed by atoms with Gasteiger partial charge in [0, 0.05) is 5.39 Å². The summed E-state index contributed by atoms with van der Waals surface area (Å²) in [6, 6.07) is 22.5. The van der Waals surface area contributed by atoms with Gasteiger partial charge in [-0.25, -0.2) is 9.18 Å². The highest BCUT2D eigenvalue weighted by Crippen LogP contribution is 2.28. The minimum atomic E-state index is -0.591. The second-order valence-corrected chi connectivity index (χ2v) is 6.21. The molecule has 4 rings (SSSR count). The van der Waals surface area contributed by atoms with E-state index in [9.17, 15) is 9.18 Å². The van der Waals surface area contributed by atoms with Crippen LogP contribution in [0.4, 0.5) is 4.39 Å². The zero-order chi connectivity index (χ0) is 19.3. The van der Waals surface area contributed by atoms with Gasteiger partial charge in [-0.2, -0.15) is 0 Å². The number of hydrogen-bond acceptors (Lipinski definition) is 4. The molecule has 0 amide bonds. The van der Waals surface area contributed by atoms with Gasteiger partial charge in [0.2, 0.25) is 5.76 Å². The molecule has 0 radical (unpaired) electrons. The first-order chi connectivity index (χ1) is 13.7. The summed E-state index contributed by atoms with van der Waals surface area (Å²) >= 11 is 0. The van der Waals surface area contributed by atoms with Gasteiger partial charge < -0.3 is 13.9 Å². The summed E-state index contributed by atoms with van der Waals surface area (Å²) in [4.78, 5) is 12.6. The maximum absolute atomic E-state index is 13.0. The van der Waals surface area contributed by atoms with Crippen molar-refractivity contribution in [2.24, 2.45) is 0 Å². The van der Waals surface area contributed by atoms with Gasteiger partial charge in [0.1, 0.15) is 30.4 Å². The normalized spacial score (nSPS) is 10.8. The standard InChI is InChI=1S/C23H17FO4/c24-17-12-10-16(11-13-17)14-27-23(25)22-20(15-26-18-6-2-1-3-7-18)19-8-4-5-9-21(19)28-22/h1-13H,14-15H2. The highest BCUT2D eigenvalue weighted by Gasteiger charge is 2.22. The Kier molecular flexibility index (Phi) is 5.06. The molecule has 3 aromatic carbocycles. The second kappa shape index (κ2) is 7.96. The maximum atomic E-state index is 13.0. The van der Waals surface area contributed by atoms with E-state index in [1.165, 1.54) is 12.1 Å². The van der Waals surface area contributed by atoms with E-state index in [4.69, 9.17) is 13.9 Å². The van der Waals surface area contributed by atoms with Crippen molar-refractivity contribution < 1.29 is 23.1 Å². The highest BCUT2D eigenvalue weighted by molar-refractivity contribution is 5.96. The van der Waals surface area contributed by atoms with E-state index in [2.05, 4.69) is 0 Å². The number of furan rings is 1. The number of benzene rings is 3. The molecule has 28 heavy (non-hydrogen) atoms. The zero-order valence-corrected chi connectivity index (χ0v) is 14.9. The molecule has 0 aliphatic carbocycles. The smallest absolute Gasteiger partial charge is 0.375 e. The summed E-state index contributed by atoms with van der Waals surface area (Å²) in [5.41, 5.74) is 1.90. The summed E-state index contributed by atoms with van der Waals surface area (Å²) in [5.74, 6) is -0.127. The van der Waals surface area contributed by atoms with Crippen LogP contribution >= 0.6 is 0 Å². The van der Waals surface area contributed by atoms with Crippen molar-refractivity contribution in [3.8, 4) is 5.75 Å². The van der Waals surface area contributed by atoms with Gasteiger partial charge in [-0.3, -0.25) is 0 Å². The lowest BCUT2D eigenvalue weighted by molar-refractivity contribution is 0.0435. The van der Waals surface area contributed by atoms with Gasteiger partial charge in [0.05, 0.1) is 5.56 Å². The Hall–Kier alpha value is -3.60. The monoisotopic (exact) mass is 376 g/mol. The van der Waals surface area contributed by atoms with Crippen LogP contribution in [0.25, 0.3) is 11.0 Å². The van der Waals surface area contributed by atoms with E-state index in [-0.39, 0.29) is 24.8 Å². The molecule has 0 fully saturated rings. The van der Waals surface area contributed by atoms with Gasteiger partial charge in [-0.05, 0) is 35.9 Å². The molecule has 5 heteroatoms. The summed E-state index contributed by atoms with van der Waals surface area (Å²) in [6.07, 6.45) is 0. The van der Waals surface area contributed by atoms with Gasteiger partial charge in [0.25, 0.3) is 0 Å². The molecule has 0 unspecified atom stereocenters. The number of carbonyl (C=O) groups excluding carboxylic acids is 1. The highest BCUT2D eigenvalue weighted by atomic mass is 19.1. The van der Waals surface area contributed by atoms with Crippen LogP contribution in [-0.2, 0) is 18.0 Å². The predicted octanol–water partition coefficient (Wildman–Crippen LogP) is 5.51. The molecular weight excluding hydrogens is 359 g/mol. The van der Waals surface area contributed by atoms with E-state index in [0.717, 1.165) is 5.39 Å². The number of rotatable bonds is 6. The van der Waals surface area contributed by atoms with Crippen molar-refractivity contribution in [2.45, 2.75) is 13.2 Å². The Morgan fingerprint density at radius 2 is 1.57 bits per heavy atom. The Morgan fingerprint density at radius 3 is 2.36 bits per heavy atom.